The Labute approximate surface area is 196 Å². The highest BCUT2D eigenvalue weighted by Crippen LogP contribution is 2.53. The predicted molar refractivity (Wildman–Crippen MR) is 123 cm³/mol. The van der Waals surface area contributed by atoms with Crippen molar-refractivity contribution in [2.24, 2.45) is 11.8 Å². The molecule has 33 heavy (non-hydrogen) atoms. The Balaban J connectivity index is 1.75. The maximum atomic E-state index is 13.9. The Morgan fingerprint density at radius 2 is 1.85 bits per heavy atom. The van der Waals surface area contributed by atoms with E-state index in [1.54, 1.807) is 14.7 Å². The van der Waals surface area contributed by atoms with E-state index in [1.165, 1.54) is 0 Å². The smallest absolute Gasteiger partial charge is 0.249 e. The lowest BCUT2D eigenvalue weighted by molar-refractivity contribution is -0.149. The average molecular weight is 460 g/mol. The third kappa shape index (κ3) is 3.91. The van der Waals surface area contributed by atoms with E-state index in [4.69, 9.17) is 9.84 Å². The number of hydrogen-bond acceptors (Lipinski definition) is 5. The quantitative estimate of drug-likeness (QED) is 0.437. The Kier molecular flexibility index (Phi) is 6.96. The molecular weight excluding hydrogens is 422 g/mol. The minimum absolute atomic E-state index is 0.0175. The van der Waals surface area contributed by atoms with Crippen LogP contribution >= 0.6 is 0 Å². The van der Waals surface area contributed by atoms with Gasteiger partial charge in [-0.25, -0.2) is 0 Å². The molecule has 1 N–H and O–H groups in total. The van der Waals surface area contributed by atoms with Crippen LogP contribution in [0.4, 0.5) is 0 Å². The SMILES string of the molecule is CCCN1CC=C[C@H]2O[C@]34C=CCN(C(C)C)C(=O)C3N(CCCCCO)C(=O)[C@@H]4[C@H]2C1=O. The second-order valence-corrected chi connectivity index (χ2v) is 9.86. The van der Waals surface area contributed by atoms with Crippen LogP contribution in [0.2, 0.25) is 0 Å². The maximum Gasteiger partial charge on any atom is 0.249 e. The Morgan fingerprint density at radius 1 is 1.06 bits per heavy atom. The highest BCUT2D eigenvalue weighted by molar-refractivity contribution is 5.99. The standard InChI is InChI=1S/C25H37N3O5/c1-4-12-26-13-8-10-18-19(22(26)30)20-23(31)28(14-6-5-7-16-29)21-24(32)27(17(2)3)15-9-11-25(20,21)33-18/h8-11,17-21,29H,4-7,12-16H2,1-3H3/t18-,19+,20+,21?,25+/m1/s1. The molecule has 4 rings (SSSR count). The fourth-order valence-corrected chi connectivity index (χ4v) is 5.95. The molecule has 4 aliphatic rings. The normalized spacial score (nSPS) is 33.5. The first-order valence-electron chi connectivity index (χ1n) is 12.4. The molecule has 2 saturated heterocycles. The number of likely N-dealkylation sites (tertiary alicyclic amines) is 1. The molecule has 0 aromatic heterocycles. The molecule has 0 bridgehead atoms. The summed E-state index contributed by atoms with van der Waals surface area (Å²) in [5, 5.41) is 9.14. The molecule has 0 aromatic carbocycles. The minimum Gasteiger partial charge on any atom is -0.396 e. The van der Waals surface area contributed by atoms with Crippen molar-refractivity contribution in [3.05, 3.63) is 24.3 Å². The first kappa shape index (κ1) is 24.0. The summed E-state index contributed by atoms with van der Waals surface area (Å²) < 4.78 is 6.59. The van der Waals surface area contributed by atoms with Gasteiger partial charge in [-0.05, 0) is 39.5 Å². The first-order chi connectivity index (χ1) is 15.9. The van der Waals surface area contributed by atoms with Gasteiger partial charge in [-0.15, -0.1) is 0 Å². The van der Waals surface area contributed by atoms with Gasteiger partial charge in [0.25, 0.3) is 0 Å². The number of carbonyl (C=O) groups excluding carboxylic acids is 3. The molecule has 3 amide bonds. The zero-order valence-corrected chi connectivity index (χ0v) is 20.0. The van der Waals surface area contributed by atoms with E-state index in [1.807, 2.05) is 45.1 Å². The van der Waals surface area contributed by atoms with Gasteiger partial charge in [-0.1, -0.05) is 31.2 Å². The summed E-state index contributed by atoms with van der Waals surface area (Å²) in [5.41, 5.74) is -1.14. The van der Waals surface area contributed by atoms with Crippen molar-refractivity contribution in [1.82, 2.24) is 14.7 Å². The van der Waals surface area contributed by atoms with E-state index in [0.29, 0.717) is 39.0 Å². The number of amides is 3. The summed E-state index contributed by atoms with van der Waals surface area (Å²) in [6.07, 6.45) is 10.1. The molecule has 4 heterocycles. The van der Waals surface area contributed by atoms with E-state index < -0.39 is 29.6 Å². The van der Waals surface area contributed by atoms with E-state index in [9.17, 15) is 14.4 Å². The summed E-state index contributed by atoms with van der Waals surface area (Å²) in [4.78, 5) is 46.6. The molecule has 8 nitrogen and oxygen atoms in total. The third-order valence-electron chi connectivity index (χ3n) is 7.45. The molecule has 5 atom stereocenters. The monoisotopic (exact) mass is 459 g/mol. The number of unbranched alkanes of at least 4 members (excludes halogenated alkanes) is 2. The molecule has 0 aromatic rings. The molecule has 4 aliphatic heterocycles. The molecule has 0 saturated carbocycles. The Bertz CT molecular complexity index is 840. The van der Waals surface area contributed by atoms with Crippen molar-refractivity contribution in [2.75, 3.05) is 32.8 Å². The lowest BCUT2D eigenvalue weighted by atomic mass is 9.77. The Morgan fingerprint density at radius 3 is 2.55 bits per heavy atom. The van der Waals surface area contributed by atoms with Crippen molar-refractivity contribution in [2.45, 2.75) is 70.2 Å². The molecular formula is C25H37N3O5. The van der Waals surface area contributed by atoms with Gasteiger partial charge in [-0.2, -0.15) is 0 Å². The first-order valence-corrected chi connectivity index (χ1v) is 12.4. The molecule has 8 heteroatoms. The van der Waals surface area contributed by atoms with Gasteiger partial charge in [0.2, 0.25) is 17.7 Å². The van der Waals surface area contributed by atoms with Crippen LogP contribution in [0.25, 0.3) is 0 Å². The number of hydrogen-bond donors (Lipinski definition) is 1. The van der Waals surface area contributed by atoms with Gasteiger partial charge in [0.05, 0.1) is 17.9 Å². The molecule has 0 radical (unpaired) electrons. The predicted octanol–water partition coefficient (Wildman–Crippen LogP) is 1.34. The van der Waals surface area contributed by atoms with Crippen LogP contribution in [0.3, 0.4) is 0 Å². The number of carbonyl (C=O) groups is 3. The maximum absolute atomic E-state index is 13.9. The van der Waals surface area contributed by atoms with Crippen LogP contribution < -0.4 is 0 Å². The number of ether oxygens (including phenoxy) is 1. The lowest BCUT2D eigenvalue weighted by Gasteiger charge is -2.36. The van der Waals surface area contributed by atoms with E-state index in [2.05, 4.69) is 0 Å². The summed E-state index contributed by atoms with van der Waals surface area (Å²) in [6.45, 7) is 8.09. The Hall–Kier alpha value is -2.19. The van der Waals surface area contributed by atoms with E-state index in [-0.39, 0.29) is 30.4 Å². The van der Waals surface area contributed by atoms with Gasteiger partial charge >= 0.3 is 0 Å². The second kappa shape index (κ2) is 9.58. The molecule has 1 spiro atoms. The number of aliphatic hydroxyl groups excluding tert-OH is 1. The third-order valence-corrected chi connectivity index (χ3v) is 7.45. The lowest BCUT2D eigenvalue weighted by Crippen LogP contribution is -2.56. The van der Waals surface area contributed by atoms with Crippen LogP contribution in [0, 0.1) is 11.8 Å². The molecule has 0 aliphatic carbocycles. The summed E-state index contributed by atoms with van der Waals surface area (Å²) in [5.74, 6) is -1.69. The molecule has 2 fully saturated rings. The zero-order chi connectivity index (χ0) is 23.8. The van der Waals surface area contributed by atoms with Crippen molar-refractivity contribution >= 4 is 17.7 Å². The van der Waals surface area contributed by atoms with Gasteiger partial charge < -0.3 is 24.5 Å². The highest BCUT2D eigenvalue weighted by Gasteiger charge is 2.71. The van der Waals surface area contributed by atoms with Crippen molar-refractivity contribution in [1.29, 1.82) is 0 Å². The van der Waals surface area contributed by atoms with Crippen LogP contribution in [0.15, 0.2) is 24.3 Å². The van der Waals surface area contributed by atoms with Crippen LogP contribution in [0.5, 0.6) is 0 Å². The summed E-state index contributed by atoms with van der Waals surface area (Å²) in [6, 6.07) is -0.797. The summed E-state index contributed by atoms with van der Waals surface area (Å²) in [7, 11) is 0. The van der Waals surface area contributed by atoms with Crippen molar-refractivity contribution < 1.29 is 24.2 Å². The van der Waals surface area contributed by atoms with Gasteiger partial charge in [0, 0.05) is 38.8 Å². The number of fused-ring (bicyclic) bond motifs is 2. The minimum atomic E-state index is -1.14. The van der Waals surface area contributed by atoms with Crippen LogP contribution in [0.1, 0.15) is 46.5 Å². The fourth-order valence-electron chi connectivity index (χ4n) is 5.95. The highest BCUT2D eigenvalue weighted by atomic mass is 16.5. The summed E-state index contributed by atoms with van der Waals surface area (Å²) >= 11 is 0. The van der Waals surface area contributed by atoms with Gasteiger partial charge in [0.15, 0.2) is 0 Å². The van der Waals surface area contributed by atoms with Crippen molar-refractivity contribution in [3.63, 3.8) is 0 Å². The fraction of sp³-hybridized carbons (Fsp3) is 0.720. The largest absolute Gasteiger partial charge is 0.396 e. The topological polar surface area (TPSA) is 90.4 Å². The number of nitrogens with zero attached hydrogens (tertiary/aromatic N) is 3. The second-order valence-electron chi connectivity index (χ2n) is 9.86. The molecule has 1 unspecified atom stereocenters. The number of rotatable bonds is 8. The van der Waals surface area contributed by atoms with E-state index in [0.717, 1.165) is 12.8 Å². The number of aliphatic hydroxyl groups is 1. The van der Waals surface area contributed by atoms with Crippen LogP contribution in [-0.2, 0) is 19.1 Å². The van der Waals surface area contributed by atoms with Crippen LogP contribution in [-0.4, -0.2) is 94.1 Å². The van der Waals surface area contributed by atoms with Crippen molar-refractivity contribution in [3.8, 4) is 0 Å². The van der Waals surface area contributed by atoms with Gasteiger partial charge in [-0.3, -0.25) is 14.4 Å². The zero-order valence-electron chi connectivity index (χ0n) is 20.0. The molecule has 182 valence electrons. The van der Waals surface area contributed by atoms with Gasteiger partial charge in [0.1, 0.15) is 11.6 Å². The average Bonchev–Trinajstić information content (AvgIpc) is 3.09. The van der Waals surface area contributed by atoms with E-state index >= 15 is 0 Å².